The van der Waals surface area contributed by atoms with Gasteiger partial charge in [-0.15, -0.1) is 0 Å². The Morgan fingerprint density at radius 2 is 1.56 bits per heavy atom. The molecule has 2 aromatic rings. The van der Waals surface area contributed by atoms with Crippen LogP contribution in [0.3, 0.4) is 0 Å². The van der Waals surface area contributed by atoms with Gasteiger partial charge >= 0.3 is 5.97 Å². The van der Waals surface area contributed by atoms with Gasteiger partial charge in [0.15, 0.2) is 0 Å². The minimum atomic E-state index is -0.549. The lowest BCUT2D eigenvalue weighted by Crippen LogP contribution is -2.40. The number of rotatable bonds is 3. The highest BCUT2D eigenvalue weighted by Crippen LogP contribution is 2.65. The standard InChI is InChI=1S/C26H22ClNO4/c1-12-8-16(9-13(2)23(12)27)32-26(31)14-4-3-5-15(10-14)28-24(29)21-17-6-7-18(20-11-19(17)20)22(21)25(28)30/h3-10,17-22H,11H2,1-2H3/t17-,18-,19-,20-,21+,22+/m1/s1. The molecule has 162 valence electrons. The summed E-state index contributed by atoms with van der Waals surface area (Å²) in [7, 11) is 0. The third-order valence-corrected chi connectivity index (χ3v) is 8.22. The van der Waals surface area contributed by atoms with Crippen LogP contribution in [0.25, 0.3) is 0 Å². The lowest BCUT2D eigenvalue weighted by molar-refractivity contribution is -0.124. The van der Waals surface area contributed by atoms with E-state index in [2.05, 4.69) is 12.2 Å². The zero-order valence-corrected chi connectivity index (χ0v) is 18.5. The summed E-state index contributed by atoms with van der Waals surface area (Å²) in [4.78, 5) is 40.8. The number of halogens is 1. The maximum atomic E-state index is 13.3. The summed E-state index contributed by atoms with van der Waals surface area (Å²) in [6.07, 6.45) is 5.43. The van der Waals surface area contributed by atoms with E-state index in [1.165, 1.54) is 4.90 Å². The normalized spacial score (nSPS) is 31.5. The molecule has 0 radical (unpaired) electrons. The number of imide groups is 1. The maximum absolute atomic E-state index is 13.3. The van der Waals surface area contributed by atoms with Crippen molar-refractivity contribution in [3.05, 3.63) is 70.3 Å². The van der Waals surface area contributed by atoms with Crippen molar-refractivity contribution in [1.29, 1.82) is 0 Å². The predicted octanol–water partition coefficient (Wildman–Crippen LogP) is 4.73. The molecule has 2 bridgehead atoms. The molecule has 0 unspecified atom stereocenters. The topological polar surface area (TPSA) is 63.7 Å². The van der Waals surface area contributed by atoms with E-state index < -0.39 is 5.97 Å². The van der Waals surface area contributed by atoms with Gasteiger partial charge in [0.2, 0.25) is 11.8 Å². The summed E-state index contributed by atoms with van der Waals surface area (Å²) < 4.78 is 5.55. The maximum Gasteiger partial charge on any atom is 0.343 e. The van der Waals surface area contributed by atoms with Gasteiger partial charge in [-0.25, -0.2) is 9.69 Å². The van der Waals surface area contributed by atoms with Crippen molar-refractivity contribution in [2.24, 2.45) is 35.5 Å². The molecule has 1 aliphatic heterocycles. The summed E-state index contributed by atoms with van der Waals surface area (Å²) in [6, 6.07) is 10.0. The van der Waals surface area contributed by atoms with E-state index in [9.17, 15) is 14.4 Å². The van der Waals surface area contributed by atoms with Gasteiger partial charge in [0.1, 0.15) is 5.75 Å². The highest BCUT2D eigenvalue weighted by atomic mass is 35.5. The van der Waals surface area contributed by atoms with E-state index in [1.54, 1.807) is 36.4 Å². The summed E-state index contributed by atoms with van der Waals surface area (Å²) in [5, 5.41) is 0.639. The van der Waals surface area contributed by atoms with Gasteiger partial charge in [0, 0.05) is 5.02 Å². The SMILES string of the molecule is Cc1cc(OC(=O)c2cccc(N3C(=O)[C@H]4[C@@H]5C=C[C@H]([C@H]6C[C@H]56)[C@@H]4C3=O)c2)cc(C)c1Cl. The molecule has 5 nitrogen and oxygen atoms in total. The van der Waals surface area contributed by atoms with Gasteiger partial charge in [0.25, 0.3) is 0 Å². The van der Waals surface area contributed by atoms with Crippen molar-refractivity contribution in [2.45, 2.75) is 20.3 Å². The smallest absolute Gasteiger partial charge is 0.343 e. The van der Waals surface area contributed by atoms with Crippen molar-refractivity contribution >= 4 is 35.1 Å². The number of carbonyl (C=O) groups excluding carboxylic acids is 3. The fourth-order valence-electron chi connectivity index (χ4n) is 6.11. The Balaban J connectivity index is 1.28. The highest BCUT2D eigenvalue weighted by molar-refractivity contribution is 6.32. The van der Waals surface area contributed by atoms with Gasteiger partial charge in [-0.1, -0.05) is 29.8 Å². The molecule has 5 aliphatic rings. The van der Waals surface area contributed by atoms with E-state index in [-0.39, 0.29) is 41.0 Å². The number of carbonyl (C=O) groups is 3. The van der Waals surface area contributed by atoms with Gasteiger partial charge < -0.3 is 4.74 Å². The van der Waals surface area contributed by atoms with Crippen LogP contribution < -0.4 is 9.64 Å². The number of ether oxygens (including phenoxy) is 1. The molecule has 1 saturated heterocycles. The van der Waals surface area contributed by atoms with Crippen LogP contribution in [0.5, 0.6) is 5.75 Å². The summed E-state index contributed by atoms with van der Waals surface area (Å²) in [6.45, 7) is 3.70. The van der Waals surface area contributed by atoms with Gasteiger partial charge in [-0.05, 0) is 85.4 Å². The third-order valence-electron chi connectivity index (χ3n) is 7.62. The zero-order valence-electron chi connectivity index (χ0n) is 17.7. The van der Waals surface area contributed by atoms with Crippen LogP contribution >= 0.6 is 11.6 Å². The largest absolute Gasteiger partial charge is 0.423 e. The Kier molecular flexibility index (Phi) is 4.19. The van der Waals surface area contributed by atoms with Crippen molar-refractivity contribution in [1.82, 2.24) is 0 Å². The second kappa shape index (κ2) is 6.79. The molecule has 6 atom stereocenters. The summed E-state index contributed by atoms with van der Waals surface area (Å²) in [5.74, 6) is 0.480. The van der Waals surface area contributed by atoms with Crippen LogP contribution in [-0.2, 0) is 9.59 Å². The molecule has 2 saturated carbocycles. The molecule has 2 amide bonds. The summed E-state index contributed by atoms with van der Waals surface area (Å²) >= 11 is 6.20. The molecular formula is C26H22ClNO4. The minimum absolute atomic E-state index is 0.140. The predicted molar refractivity (Wildman–Crippen MR) is 120 cm³/mol. The average molecular weight is 448 g/mol. The fourth-order valence-corrected chi connectivity index (χ4v) is 6.22. The fraction of sp³-hybridized carbons (Fsp3) is 0.346. The van der Waals surface area contributed by atoms with Crippen molar-refractivity contribution < 1.29 is 19.1 Å². The quantitative estimate of drug-likeness (QED) is 0.295. The molecule has 6 heteroatoms. The molecule has 1 heterocycles. The summed E-state index contributed by atoms with van der Waals surface area (Å²) in [5.41, 5.74) is 2.35. The zero-order chi connectivity index (χ0) is 22.3. The molecule has 32 heavy (non-hydrogen) atoms. The van der Waals surface area contributed by atoms with Crippen LogP contribution in [0.1, 0.15) is 27.9 Å². The van der Waals surface area contributed by atoms with Crippen molar-refractivity contribution in [3.8, 4) is 5.75 Å². The number of anilines is 1. The van der Waals surface area contributed by atoms with Gasteiger partial charge in [-0.3, -0.25) is 9.59 Å². The Morgan fingerprint density at radius 3 is 2.16 bits per heavy atom. The average Bonchev–Trinajstić information content (AvgIpc) is 3.55. The van der Waals surface area contributed by atoms with E-state index in [1.807, 2.05) is 13.8 Å². The number of amides is 2. The number of nitrogens with zero attached hydrogens (tertiary/aromatic N) is 1. The first-order valence-corrected chi connectivity index (χ1v) is 11.4. The second-order valence-electron chi connectivity index (χ2n) is 9.48. The molecule has 0 spiro atoms. The number of allylic oxidation sites excluding steroid dienone is 2. The van der Waals surface area contributed by atoms with Crippen molar-refractivity contribution in [2.75, 3.05) is 4.90 Å². The number of aryl methyl sites for hydroxylation is 2. The van der Waals surface area contributed by atoms with E-state index in [4.69, 9.17) is 16.3 Å². The Labute approximate surface area is 191 Å². The molecule has 0 N–H and O–H groups in total. The number of hydrogen-bond acceptors (Lipinski definition) is 4. The van der Waals surface area contributed by atoms with Gasteiger partial charge in [-0.2, -0.15) is 0 Å². The lowest BCUT2D eigenvalue weighted by Gasteiger charge is -2.37. The van der Waals surface area contributed by atoms with Gasteiger partial charge in [0.05, 0.1) is 23.1 Å². The minimum Gasteiger partial charge on any atom is -0.423 e. The molecule has 4 aliphatic carbocycles. The number of esters is 1. The Hall–Kier alpha value is -2.92. The molecule has 3 fully saturated rings. The first-order valence-electron chi connectivity index (χ1n) is 11.0. The van der Waals surface area contributed by atoms with Crippen LogP contribution in [0.15, 0.2) is 48.6 Å². The Morgan fingerprint density at radius 1 is 0.969 bits per heavy atom. The third kappa shape index (κ3) is 2.73. The van der Waals surface area contributed by atoms with E-state index in [0.29, 0.717) is 28.3 Å². The van der Waals surface area contributed by atoms with Crippen LogP contribution in [0.4, 0.5) is 5.69 Å². The Bertz CT molecular complexity index is 1180. The monoisotopic (exact) mass is 447 g/mol. The number of hydrogen-bond donors (Lipinski definition) is 0. The number of benzene rings is 2. The van der Waals surface area contributed by atoms with Crippen molar-refractivity contribution in [3.63, 3.8) is 0 Å². The van der Waals surface area contributed by atoms with Crippen LogP contribution in [0.2, 0.25) is 5.02 Å². The second-order valence-corrected chi connectivity index (χ2v) is 9.86. The highest BCUT2D eigenvalue weighted by Gasteiger charge is 2.67. The van der Waals surface area contributed by atoms with Crippen LogP contribution in [0, 0.1) is 49.4 Å². The molecule has 7 rings (SSSR count). The first-order chi connectivity index (χ1) is 15.3. The molecular weight excluding hydrogens is 426 g/mol. The van der Waals surface area contributed by atoms with Crippen LogP contribution in [-0.4, -0.2) is 17.8 Å². The molecule has 0 aromatic heterocycles. The molecule has 2 aromatic carbocycles. The lowest BCUT2D eigenvalue weighted by atomic mass is 9.63. The first kappa shape index (κ1) is 19.7. The van der Waals surface area contributed by atoms with E-state index in [0.717, 1.165) is 17.5 Å². The van der Waals surface area contributed by atoms with E-state index >= 15 is 0 Å².